The Balaban J connectivity index is 1.94. The minimum Gasteiger partial charge on any atom is -0.457 e. The molecular formula is C20H17FN2O3. The number of carbonyl (C=O) groups is 1. The molecule has 0 unspecified atom stereocenters. The number of carbonyl (C=O) groups excluding carboxylic acids is 1. The van der Waals surface area contributed by atoms with Gasteiger partial charge in [-0.15, -0.1) is 0 Å². The van der Waals surface area contributed by atoms with E-state index in [1.807, 2.05) is 12.1 Å². The molecule has 3 rings (SSSR count). The number of halogens is 1. The number of methoxy groups -OCH3 is 1. The Morgan fingerprint density at radius 3 is 2.58 bits per heavy atom. The van der Waals surface area contributed by atoms with E-state index in [9.17, 15) is 9.18 Å². The highest BCUT2D eigenvalue weighted by Gasteiger charge is 2.10. The molecule has 0 aliphatic rings. The van der Waals surface area contributed by atoms with Crippen LogP contribution in [0.25, 0.3) is 11.3 Å². The summed E-state index contributed by atoms with van der Waals surface area (Å²) in [6.07, 6.45) is 0. The molecule has 0 fully saturated rings. The van der Waals surface area contributed by atoms with Crippen LogP contribution in [-0.2, 0) is 11.3 Å². The molecule has 0 saturated heterocycles. The fraction of sp³-hybridized carbons (Fsp3) is 0.100. The van der Waals surface area contributed by atoms with Crippen LogP contribution in [0.4, 0.5) is 4.39 Å². The summed E-state index contributed by atoms with van der Waals surface area (Å²) in [5, 5.41) is 0. The molecule has 1 aromatic heterocycles. The number of benzene rings is 2. The van der Waals surface area contributed by atoms with Crippen LogP contribution < -0.4 is 10.5 Å². The van der Waals surface area contributed by atoms with E-state index >= 15 is 0 Å². The Bertz CT molecular complexity index is 927. The topological polar surface area (TPSA) is 74.4 Å². The minimum absolute atomic E-state index is 0.197. The molecule has 2 aromatic carbocycles. The highest BCUT2D eigenvalue weighted by molar-refractivity contribution is 5.91. The van der Waals surface area contributed by atoms with Gasteiger partial charge in [-0.1, -0.05) is 6.07 Å². The summed E-state index contributed by atoms with van der Waals surface area (Å²) in [7, 11) is 1.58. The third kappa shape index (κ3) is 4.04. The van der Waals surface area contributed by atoms with E-state index in [-0.39, 0.29) is 11.5 Å². The van der Waals surface area contributed by atoms with Crippen LogP contribution >= 0.6 is 0 Å². The van der Waals surface area contributed by atoms with Crippen molar-refractivity contribution in [3.05, 3.63) is 77.7 Å². The predicted octanol–water partition coefficient (Wildman–Crippen LogP) is 3.93. The van der Waals surface area contributed by atoms with E-state index in [2.05, 4.69) is 4.98 Å². The zero-order valence-electron chi connectivity index (χ0n) is 14.1. The van der Waals surface area contributed by atoms with Crippen molar-refractivity contribution >= 4 is 5.91 Å². The third-order valence-electron chi connectivity index (χ3n) is 3.70. The van der Waals surface area contributed by atoms with Crippen LogP contribution in [0.1, 0.15) is 16.1 Å². The maximum atomic E-state index is 13.0. The lowest BCUT2D eigenvalue weighted by atomic mass is 10.1. The summed E-state index contributed by atoms with van der Waals surface area (Å²) < 4.78 is 24.1. The molecule has 3 aromatic rings. The van der Waals surface area contributed by atoms with Gasteiger partial charge in [0.1, 0.15) is 23.0 Å². The second kappa shape index (κ2) is 7.76. The van der Waals surface area contributed by atoms with Gasteiger partial charge in [0, 0.05) is 18.2 Å². The number of ether oxygens (including phenoxy) is 2. The third-order valence-corrected chi connectivity index (χ3v) is 3.70. The smallest absolute Gasteiger partial charge is 0.267 e. The second-order valence-electron chi connectivity index (χ2n) is 5.58. The Morgan fingerprint density at radius 2 is 1.88 bits per heavy atom. The van der Waals surface area contributed by atoms with Gasteiger partial charge in [0.25, 0.3) is 5.91 Å². The van der Waals surface area contributed by atoms with Crippen LogP contribution in [0.15, 0.2) is 60.7 Å². The summed E-state index contributed by atoms with van der Waals surface area (Å²) in [6.45, 7) is 0.319. The second-order valence-corrected chi connectivity index (χ2v) is 5.58. The van der Waals surface area contributed by atoms with Gasteiger partial charge in [-0.25, -0.2) is 9.37 Å². The lowest BCUT2D eigenvalue weighted by molar-refractivity contribution is 0.0995. The predicted molar refractivity (Wildman–Crippen MR) is 95.4 cm³/mol. The van der Waals surface area contributed by atoms with Gasteiger partial charge in [-0.05, 0) is 54.6 Å². The average Bonchev–Trinajstić information content (AvgIpc) is 2.65. The van der Waals surface area contributed by atoms with Gasteiger partial charge < -0.3 is 15.2 Å². The van der Waals surface area contributed by atoms with Gasteiger partial charge >= 0.3 is 0 Å². The number of aromatic nitrogens is 1. The molecule has 0 bridgehead atoms. The molecule has 0 radical (unpaired) electrons. The van der Waals surface area contributed by atoms with Crippen molar-refractivity contribution in [2.24, 2.45) is 5.73 Å². The largest absolute Gasteiger partial charge is 0.457 e. The van der Waals surface area contributed by atoms with Crippen molar-refractivity contribution in [3.8, 4) is 22.8 Å². The van der Waals surface area contributed by atoms with E-state index in [0.29, 0.717) is 23.8 Å². The number of hydrogen-bond acceptors (Lipinski definition) is 4. The van der Waals surface area contributed by atoms with Crippen LogP contribution in [0.5, 0.6) is 11.5 Å². The normalized spacial score (nSPS) is 10.5. The molecule has 26 heavy (non-hydrogen) atoms. The number of primary amides is 1. The highest BCUT2D eigenvalue weighted by Crippen LogP contribution is 2.30. The van der Waals surface area contributed by atoms with Crippen LogP contribution in [0.3, 0.4) is 0 Å². The van der Waals surface area contributed by atoms with Gasteiger partial charge in [0.2, 0.25) is 0 Å². The molecule has 0 atom stereocenters. The standard InChI is InChI=1S/C20H17FN2O3/c1-25-12-14-11-13(17-3-2-4-18(23-17)20(22)24)5-10-19(14)26-16-8-6-15(21)7-9-16/h2-11H,12H2,1H3,(H2,22,24). The van der Waals surface area contributed by atoms with Crippen LogP contribution in [0, 0.1) is 5.82 Å². The maximum Gasteiger partial charge on any atom is 0.267 e. The summed E-state index contributed by atoms with van der Waals surface area (Å²) in [6, 6.07) is 16.3. The number of amides is 1. The molecule has 1 amide bonds. The Labute approximate surface area is 150 Å². The number of nitrogens with two attached hydrogens (primary N) is 1. The number of pyridine rings is 1. The maximum absolute atomic E-state index is 13.0. The van der Waals surface area contributed by atoms with E-state index in [1.165, 1.54) is 12.1 Å². The van der Waals surface area contributed by atoms with Crippen LogP contribution in [0.2, 0.25) is 0 Å². The summed E-state index contributed by atoms with van der Waals surface area (Å²) in [5.41, 5.74) is 7.70. The lowest BCUT2D eigenvalue weighted by Crippen LogP contribution is -2.13. The van der Waals surface area contributed by atoms with Crippen molar-refractivity contribution < 1.29 is 18.7 Å². The number of rotatable bonds is 6. The Hall–Kier alpha value is -3.25. The lowest BCUT2D eigenvalue weighted by Gasteiger charge is -2.13. The van der Waals surface area contributed by atoms with E-state index in [1.54, 1.807) is 43.5 Å². The summed E-state index contributed by atoms with van der Waals surface area (Å²) >= 11 is 0. The molecule has 2 N–H and O–H groups in total. The monoisotopic (exact) mass is 352 g/mol. The number of hydrogen-bond donors (Lipinski definition) is 1. The molecular weight excluding hydrogens is 335 g/mol. The first kappa shape index (κ1) is 17.6. The van der Waals surface area contributed by atoms with Crippen molar-refractivity contribution in [2.75, 3.05) is 7.11 Å². The fourth-order valence-electron chi connectivity index (χ4n) is 2.47. The first-order chi connectivity index (χ1) is 12.6. The van der Waals surface area contributed by atoms with Crippen molar-refractivity contribution in [2.45, 2.75) is 6.61 Å². The van der Waals surface area contributed by atoms with Crippen molar-refractivity contribution in [3.63, 3.8) is 0 Å². The molecule has 132 valence electrons. The molecule has 1 heterocycles. The zero-order chi connectivity index (χ0) is 18.5. The molecule has 6 heteroatoms. The average molecular weight is 352 g/mol. The first-order valence-corrected chi connectivity index (χ1v) is 7.89. The zero-order valence-corrected chi connectivity index (χ0v) is 14.1. The Morgan fingerprint density at radius 1 is 1.12 bits per heavy atom. The molecule has 0 spiro atoms. The van der Waals surface area contributed by atoms with Crippen LogP contribution in [-0.4, -0.2) is 18.0 Å². The van der Waals surface area contributed by atoms with Crippen molar-refractivity contribution in [1.82, 2.24) is 4.98 Å². The van der Waals surface area contributed by atoms with Gasteiger partial charge in [-0.3, -0.25) is 4.79 Å². The van der Waals surface area contributed by atoms with E-state index < -0.39 is 5.91 Å². The Kier molecular flexibility index (Phi) is 5.24. The van der Waals surface area contributed by atoms with Gasteiger partial charge in [0.05, 0.1) is 12.3 Å². The molecule has 0 aliphatic heterocycles. The quantitative estimate of drug-likeness (QED) is 0.729. The van der Waals surface area contributed by atoms with Gasteiger partial charge in [-0.2, -0.15) is 0 Å². The van der Waals surface area contributed by atoms with E-state index in [4.69, 9.17) is 15.2 Å². The minimum atomic E-state index is -0.583. The summed E-state index contributed by atoms with van der Waals surface area (Å²) in [4.78, 5) is 15.6. The molecule has 5 nitrogen and oxygen atoms in total. The number of nitrogens with zero attached hydrogens (tertiary/aromatic N) is 1. The van der Waals surface area contributed by atoms with E-state index in [0.717, 1.165) is 11.1 Å². The fourth-order valence-corrected chi connectivity index (χ4v) is 2.47. The molecule has 0 saturated carbocycles. The molecule has 0 aliphatic carbocycles. The van der Waals surface area contributed by atoms with Crippen molar-refractivity contribution in [1.29, 1.82) is 0 Å². The SMILES string of the molecule is COCc1cc(-c2cccc(C(N)=O)n2)ccc1Oc1ccc(F)cc1. The van der Waals surface area contributed by atoms with Gasteiger partial charge in [0.15, 0.2) is 0 Å². The first-order valence-electron chi connectivity index (χ1n) is 7.89. The highest BCUT2D eigenvalue weighted by atomic mass is 19.1. The summed E-state index contributed by atoms with van der Waals surface area (Å²) in [5.74, 6) is 0.198.